The smallest absolute Gasteiger partial charge is 0.353 e. The number of halogens is 2. The van der Waals surface area contributed by atoms with Gasteiger partial charge in [0.15, 0.2) is 0 Å². The van der Waals surface area contributed by atoms with Crippen LogP contribution in [0.3, 0.4) is 0 Å². The summed E-state index contributed by atoms with van der Waals surface area (Å²) in [6.07, 6.45) is 0. The van der Waals surface area contributed by atoms with Crippen molar-refractivity contribution in [2.24, 2.45) is 0 Å². The van der Waals surface area contributed by atoms with Gasteiger partial charge in [0.25, 0.3) is 0 Å². The first-order valence-corrected chi connectivity index (χ1v) is 7.84. The number of thioether (sulfide) groups is 1. The number of phenolic OH excluding ortho intramolecular Hbond substituents is 1. The lowest BCUT2D eigenvalue weighted by atomic mass is 10.2. The van der Waals surface area contributed by atoms with Crippen LogP contribution in [0.15, 0.2) is 46.2 Å². The van der Waals surface area contributed by atoms with Gasteiger partial charge in [-0.2, -0.15) is 4.98 Å². The Hall–Kier alpha value is -2.41. The van der Waals surface area contributed by atoms with E-state index in [2.05, 4.69) is 4.98 Å². The number of benzene rings is 2. The number of hydrogen-bond acceptors (Lipinski definition) is 4. The van der Waals surface area contributed by atoms with Crippen LogP contribution in [0.2, 0.25) is 0 Å². The van der Waals surface area contributed by atoms with Crippen LogP contribution in [0, 0.1) is 11.6 Å². The number of phenols is 1. The van der Waals surface area contributed by atoms with Crippen LogP contribution < -0.4 is 5.69 Å². The first-order chi connectivity index (χ1) is 11.0. The topological polar surface area (TPSA) is 55.1 Å². The van der Waals surface area contributed by atoms with Gasteiger partial charge in [0.2, 0.25) is 0 Å². The van der Waals surface area contributed by atoms with Crippen molar-refractivity contribution in [2.45, 2.75) is 11.9 Å². The molecule has 0 radical (unpaired) electrons. The monoisotopic (exact) mass is 334 g/mol. The van der Waals surface area contributed by atoms with Crippen molar-refractivity contribution in [1.29, 1.82) is 0 Å². The third-order valence-electron chi connectivity index (χ3n) is 3.28. The lowest BCUT2D eigenvalue weighted by molar-refractivity contribution is 0.465. The highest BCUT2D eigenvalue weighted by atomic mass is 32.2. The molecule has 0 aliphatic rings. The van der Waals surface area contributed by atoms with E-state index in [0.29, 0.717) is 16.2 Å². The first kappa shape index (κ1) is 15.5. The maximum Gasteiger partial charge on any atom is 0.353 e. The van der Waals surface area contributed by atoms with Crippen molar-refractivity contribution in [3.05, 3.63) is 58.5 Å². The molecule has 3 aromatic rings. The minimum absolute atomic E-state index is 0.0487. The number of nitrogens with zero attached hydrogens (tertiary/aromatic N) is 2. The molecule has 4 nitrogen and oxygen atoms in total. The average molecular weight is 334 g/mol. The van der Waals surface area contributed by atoms with Gasteiger partial charge in [-0.15, -0.1) is 11.8 Å². The minimum atomic E-state index is -0.666. The number of rotatable bonds is 3. The fourth-order valence-electron chi connectivity index (χ4n) is 2.34. The molecule has 1 N–H and O–H groups in total. The fraction of sp³-hybridized carbons (Fsp3) is 0.125. The van der Waals surface area contributed by atoms with Crippen LogP contribution >= 0.6 is 11.8 Å². The van der Waals surface area contributed by atoms with Crippen molar-refractivity contribution < 1.29 is 13.9 Å². The van der Waals surface area contributed by atoms with E-state index >= 15 is 0 Å². The van der Waals surface area contributed by atoms with Gasteiger partial charge < -0.3 is 5.11 Å². The Morgan fingerprint density at radius 2 is 1.87 bits per heavy atom. The minimum Gasteiger partial charge on any atom is -0.506 e. The van der Waals surface area contributed by atoms with Crippen molar-refractivity contribution in [3.8, 4) is 11.4 Å². The van der Waals surface area contributed by atoms with Crippen molar-refractivity contribution in [3.63, 3.8) is 0 Å². The van der Waals surface area contributed by atoms with Crippen LogP contribution in [0.5, 0.6) is 5.75 Å². The molecule has 0 aliphatic heterocycles. The van der Waals surface area contributed by atoms with E-state index in [1.165, 1.54) is 36.0 Å². The van der Waals surface area contributed by atoms with Gasteiger partial charge in [0.1, 0.15) is 22.4 Å². The lowest BCUT2D eigenvalue weighted by Crippen LogP contribution is -2.22. The Labute approximate surface area is 134 Å². The number of fused-ring (bicyclic) bond motifs is 1. The molecule has 7 heteroatoms. The van der Waals surface area contributed by atoms with Crippen molar-refractivity contribution >= 4 is 22.7 Å². The Kier molecular flexibility index (Phi) is 4.04. The molecule has 0 bridgehead atoms. The second-order valence-electron chi connectivity index (χ2n) is 4.76. The third-order valence-corrected chi connectivity index (χ3v) is 4.15. The van der Waals surface area contributed by atoms with Gasteiger partial charge in [-0.3, -0.25) is 4.57 Å². The zero-order valence-electron chi connectivity index (χ0n) is 12.1. The molecule has 2 aromatic carbocycles. The highest BCUT2D eigenvalue weighted by Gasteiger charge is 2.15. The molecule has 0 fully saturated rings. The molecule has 3 rings (SSSR count). The maximum atomic E-state index is 13.7. The highest BCUT2D eigenvalue weighted by Crippen LogP contribution is 2.29. The SMILES string of the molecule is CCSc1nc(=O)n(-c2ccc(F)cc2O)c2cc(F)ccc12. The standard InChI is InChI=1S/C16H12F2N2O2S/c1-2-23-15-11-5-3-9(17)7-13(11)20(16(22)19-15)12-6-4-10(18)8-14(12)21/h3-8,21H,2H2,1H3. The summed E-state index contributed by atoms with van der Waals surface area (Å²) in [7, 11) is 0. The molecule has 23 heavy (non-hydrogen) atoms. The van der Waals surface area contributed by atoms with Gasteiger partial charge >= 0.3 is 5.69 Å². The summed E-state index contributed by atoms with van der Waals surface area (Å²) in [5.74, 6) is -0.882. The fourth-order valence-corrected chi connectivity index (χ4v) is 3.08. The maximum absolute atomic E-state index is 13.7. The van der Waals surface area contributed by atoms with Crippen LogP contribution in [-0.2, 0) is 0 Å². The molecule has 1 aromatic heterocycles. The first-order valence-electron chi connectivity index (χ1n) is 6.85. The zero-order chi connectivity index (χ0) is 16.6. The second kappa shape index (κ2) is 6.00. The summed E-state index contributed by atoms with van der Waals surface area (Å²) >= 11 is 1.37. The average Bonchev–Trinajstić information content (AvgIpc) is 2.49. The van der Waals surface area contributed by atoms with Gasteiger partial charge in [-0.25, -0.2) is 13.6 Å². The Morgan fingerprint density at radius 3 is 2.57 bits per heavy atom. The second-order valence-corrected chi connectivity index (χ2v) is 6.02. The Morgan fingerprint density at radius 1 is 1.17 bits per heavy atom. The molecule has 0 spiro atoms. The molecule has 0 saturated heterocycles. The predicted molar refractivity (Wildman–Crippen MR) is 85.3 cm³/mol. The number of hydrogen-bond donors (Lipinski definition) is 1. The molecule has 0 amide bonds. The third kappa shape index (κ3) is 2.79. The van der Waals surface area contributed by atoms with Crippen LogP contribution in [0.25, 0.3) is 16.6 Å². The van der Waals surface area contributed by atoms with Gasteiger partial charge in [-0.1, -0.05) is 6.92 Å². The van der Waals surface area contributed by atoms with Gasteiger partial charge in [-0.05, 0) is 36.1 Å². The van der Waals surface area contributed by atoms with Gasteiger partial charge in [0, 0.05) is 11.5 Å². The van der Waals surface area contributed by atoms with E-state index in [4.69, 9.17) is 0 Å². The summed E-state index contributed by atoms with van der Waals surface area (Å²) in [6, 6.07) is 7.27. The summed E-state index contributed by atoms with van der Waals surface area (Å²) in [6.45, 7) is 1.92. The van der Waals surface area contributed by atoms with Crippen LogP contribution in [-0.4, -0.2) is 20.4 Å². The predicted octanol–water partition coefficient (Wildman–Crippen LogP) is 3.48. The molecule has 0 unspecified atom stereocenters. The molecular weight excluding hydrogens is 322 g/mol. The zero-order valence-corrected chi connectivity index (χ0v) is 12.9. The van der Waals surface area contributed by atoms with Crippen LogP contribution in [0.1, 0.15) is 6.92 Å². The number of aromatic hydroxyl groups is 1. The van der Waals surface area contributed by atoms with Gasteiger partial charge in [0.05, 0.1) is 11.2 Å². The summed E-state index contributed by atoms with van der Waals surface area (Å²) in [5, 5.41) is 11.0. The quantitative estimate of drug-likeness (QED) is 0.588. The van der Waals surface area contributed by atoms with E-state index < -0.39 is 23.1 Å². The molecule has 118 valence electrons. The summed E-state index contributed by atoms with van der Waals surface area (Å²) in [4.78, 5) is 16.4. The molecular formula is C16H12F2N2O2S. The molecule has 1 heterocycles. The number of aromatic nitrogens is 2. The largest absolute Gasteiger partial charge is 0.506 e. The van der Waals surface area contributed by atoms with E-state index in [9.17, 15) is 18.7 Å². The summed E-state index contributed by atoms with van der Waals surface area (Å²) < 4.78 is 27.9. The highest BCUT2D eigenvalue weighted by molar-refractivity contribution is 7.99. The molecule has 0 aliphatic carbocycles. The van der Waals surface area contributed by atoms with Crippen molar-refractivity contribution in [1.82, 2.24) is 9.55 Å². The van der Waals surface area contributed by atoms with Crippen LogP contribution in [0.4, 0.5) is 8.78 Å². The normalized spacial score (nSPS) is 11.1. The Balaban J connectivity index is 2.41. The van der Waals surface area contributed by atoms with E-state index in [-0.39, 0.29) is 11.2 Å². The van der Waals surface area contributed by atoms with Crippen molar-refractivity contribution in [2.75, 3.05) is 5.75 Å². The Bertz CT molecular complexity index is 957. The summed E-state index contributed by atoms with van der Waals surface area (Å²) in [5.41, 5.74) is -0.351. The lowest BCUT2D eigenvalue weighted by Gasteiger charge is -2.13. The van der Waals surface area contributed by atoms with E-state index in [1.807, 2.05) is 6.92 Å². The molecule has 0 saturated carbocycles. The molecule has 0 atom stereocenters. The van der Waals surface area contributed by atoms with E-state index in [0.717, 1.165) is 16.7 Å². The van der Waals surface area contributed by atoms with E-state index in [1.54, 1.807) is 0 Å².